The average molecular weight is 371 g/mol. The zero-order chi connectivity index (χ0) is 17.8. The van der Waals surface area contributed by atoms with Gasteiger partial charge in [-0.2, -0.15) is 10.2 Å². The van der Waals surface area contributed by atoms with Crippen LogP contribution in [0.5, 0.6) is 0 Å². The normalized spacial score (nSPS) is 21.0. The molecule has 0 amide bonds. The molecule has 4 heterocycles. The molecule has 1 aliphatic heterocycles. The molecular formula is C18H18FN5OS. The van der Waals surface area contributed by atoms with Crippen LogP contribution in [0.2, 0.25) is 0 Å². The first-order chi connectivity index (χ1) is 12.6. The highest BCUT2D eigenvalue weighted by atomic mass is 32.1. The van der Waals surface area contributed by atoms with Gasteiger partial charge in [0.2, 0.25) is 0 Å². The largest absolute Gasteiger partial charge is 0.391 e. The summed E-state index contributed by atoms with van der Waals surface area (Å²) in [5.41, 5.74) is 1.22. The number of benzene rings is 1. The van der Waals surface area contributed by atoms with Crippen LogP contribution >= 0.6 is 11.3 Å². The highest BCUT2D eigenvalue weighted by Crippen LogP contribution is 2.35. The molecule has 6 nitrogen and oxygen atoms in total. The van der Waals surface area contributed by atoms with Gasteiger partial charge in [0.15, 0.2) is 5.82 Å². The number of hydrogen-bond acceptors (Lipinski definition) is 5. The quantitative estimate of drug-likeness (QED) is 0.569. The fourth-order valence-electron chi connectivity index (χ4n) is 3.61. The van der Waals surface area contributed by atoms with E-state index in [4.69, 9.17) is 0 Å². The van der Waals surface area contributed by atoms with Gasteiger partial charge in [-0.3, -0.25) is 9.36 Å². The van der Waals surface area contributed by atoms with E-state index in [2.05, 4.69) is 15.5 Å². The van der Waals surface area contributed by atoms with Crippen LogP contribution in [-0.2, 0) is 7.05 Å². The minimum absolute atomic E-state index is 0.0454. The van der Waals surface area contributed by atoms with Gasteiger partial charge in [0.25, 0.3) is 0 Å². The van der Waals surface area contributed by atoms with Crippen LogP contribution in [0.15, 0.2) is 30.6 Å². The summed E-state index contributed by atoms with van der Waals surface area (Å²) in [5, 5.41) is 24.1. The summed E-state index contributed by atoms with van der Waals surface area (Å²) >= 11 is 1.53. The third-order valence-corrected chi connectivity index (χ3v) is 6.02. The molecule has 26 heavy (non-hydrogen) atoms. The Labute approximate surface area is 152 Å². The molecule has 1 fully saturated rings. The number of aliphatic hydroxyl groups is 1. The standard InChI is InChI=1S/C18H18FN5OS/c1-23-8-11-4-10(5-13(19)17(11)21-23)16-6-12-9-24(22-18(12)26-16)14-7-20-3-2-15(14)25/h4-6,8-9,14-15,20,25H,2-3,7H2,1H3/t14-,15-/m1/s1. The molecule has 5 rings (SSSR count). The molecule has 8 heteroatoms. The second kappa shape index (κ2) is 5.87. The average Bonchev–Trinajstić information content (AvgIpc) is 3.27. The Morgan fingerprint density at radius 2 is 2.12 bits per heavy atom. The summed E-state index contributed by atoms with van der Waals surface area (Å²) in [6, 6.07) is 5.47. The molecular weight excluding hydrogens is 353 g/mol. The number of nitrogens with one attached hydrogen (secondary N) is 1. The lowest BCUT2D eigenvalue weighted by Crippen LogP contribution is -2.41. The number of hydrogen-bond donors (Lipinski definition) is 2. The van der Waals surface area contributed by atoms with E-state index in [1.165, 1.54) is 17.4 Å². The van der Waals surface area contributed by atoms with Crippen molar-refractivity contribution in [3.05, 3.63) is 36.4 Å². The second-order valence-electron chi connectivity index (χ2n) is 6.81. The second-order valence-corrected chi connectivity index (χ2v) is 7.84. The predicted molar refractivity (Wildman–Crippen MR) is 99.8 cm³/mol. The lowest BCUT2D eigenvalue weighted by Gasteiger charge is -2.28. The summed E-state index contributed by atoms with van der Waals surface area (Å²) < 4.78 is 17.8. The lowest BCUT2D eigenvalue weighted by atomic mass is 10.0. The van der Waals surface area contributed by atoms with Gasteiger partial charge in [-0.1, -0.05) is 0 Å². The van der Waals surface area contributed by atoms with Crippen molar-refractivity contribution in [2.75, 3.05) is 13.1 Å². The van der Waals surface area contributed by atoms with Crippen molar-refractivity contribution in [3.8, 4) is 10.4 Å². The maximum Gasteiger partial charge on any atom is 0.151 e. The van der Waals surface area contributed by atoms with Crippen molar-refractivity contribution in [1.82, 2.24) is 24.9 Å². The number of aryl methyl sites for hydroxylation is 1. The fraction of sp³-hybridized carbons (Fsp3) is 0.333. The number of halogens is 1. The number of piperidine rings is 1. The molecule has 134 valence electrons. The highest BCUT2D eigenvalue weighted by Gasteiger charge is 2.25. The summed E-state index contributed by atoms with van der Waals surface area (Å²) in [4.78, 5) is 1.87. The summed E-state index contributed by atoms with van der Waals surface area (Å²) in [6.07, 6.45) is 4.13. The van der Waals surface area contributed by atoms with Gasteiger partial charge in [0, 0.05) is 41.6 Å². The van der Waals surface area contributed by atoms with E-state index >= 15 is 0 Å². The molecule has 0 spiro atoms. The first-order valence-corrected chi connectivity index (χ1v) is 9.41. The Balaban J connectivity index is 1.53. The SMILES string of the molecule is Cn1cc2cc(-c3cc4cn([C@@H]5CNCC[C@H]5O)nc4s3)cc(F)c2n1. The van der Waals surface area contributed by atoms with Crippen molar-refractivity contribution < 1.29 is 9.50 Å². The monoisotopic (exact) mass is 371 g/mol. The lowest BCUT2D eigenvalue weighted by molar-refractivity contribution is 0.0787. The summed E-state index contributed by atoms with van der Waals surface area (Å²) in [5.74, 6) is -0.314. The van der Waals surface area contributed by atoms with Gasteiger partial charge in [0.05, 0.1) is 12.1 Å². The molecule has 0 saturated carbocycles. The van der Waals surface area contributed by atoms with Crippen LogP contribution in [0, 0.1) is 5.82 Å². The van der Waals surface area contributed by atoms with E-state index in [0.717, 1.165) is 39.0 Å². The van der Waals surface area contributed by atoms with Crippen LogP contribution in [0.1, 0.15) is 12.5 Å². The first-order valence-electron chi connectivity index (χ1n) is 8.59. The van der Waals surface area contributed by atoms with Gasteiger partial charge < -0.3 is 10.4 Å². The highest BCUT2D eigenvalue weighted by molar-refractivity contribution is 7.21. The molecule has 0 aliphatic carbocycles. The minimum Gasteiger partial charge on any atom is -0.391 e. The number of rotatable bonds is 2. The van der Waals surface area contributed by atoms with Gasteiger partial charge in [-0.25, -0.2) is 4.39 Å². The topological polar surface area (TPSA) is 67.9 Å². The molecule has 1 saturated heterocycles. The number of thiophene rings is 1. The van der Waals surface area contributed by atoms with E-state index in [0.29, 0.717) is 12.1 Å². The Morgan fingerprint density at radius 1 is 1.23 bits per heavy atom. The molecule has 0 bridgehead atoms. The van der Waals surface area contributed by atoms with Crippen LogP contribution in [0.3, 0.4) is 0 Å². The third-order valence-electron chi connectivity index (χ3n) is 4.93. The van der Waals surface area contributed by atoms with E-state index in [-0.39, 0.29) is 18.0 Å². The van der Waals surface area contributed by atoms with Crippen molar-refractivity contribution in [1.29, 1.82) is 0 Å². The van der Waals surface area contributed by atoms with E-state index in [1.807, 2.05) is 29.2 Å². The van der Waals surface area contributed by atoms with Crippen LogP contribution < -0.4 is 5.32 Å². The fourth-order valence-corrected chi connectivity index (χ4v) is 4.60. The molecule has 2 N–H and O–H groups in total. The van der Waals surface area contributed by atoms with Gasteiger partial charge >= 0.3 is 0 Å². The summed E-state index contributed by atoms with van der Waals surface area (Å²) in [6.45, 7) is 1.55. The number of aromatic nitrogens is 4. The minimum atomic E-state index is -0.383. The maximum absolute atomic E-state index is 14.4. The van der Waals surface area contributed by atoms with Gasteiger partial charge in [0.1, 0.15) is 10.3 Å². The molecule has 1 aromatic carbocycles. The van der Waals surface area contributed by atoms with Crippen molar-refractivity contribution in [2.24, 2.45) is 7.05 Å². The van der Waals surface area contributed by atoms with Crippen LogP contribution in [0.4, 0.5) is 4.39 Å². The smallest absolute Gasteiger partial charge is 0.151 e. The Hall–Kier alpha value is -2.29. The molecule has 2 atom stereocenters. The Kier molecular flexibility index (Phi) is 3.59. The molecule has 4 aromatic rings. The Morgan fingerprint density at radius 3 is 2.92 bits per heavy atom. The van der Waals surface area contributed by atoms with Gasteiger partial charge in [-0.05, 0) is 36.7 Å². The van der Waals surface area contributed by atoms with E-state index < -0.39 is 0 Å². The zero-order valence-electron chi connectivity index (χ0n) is 14.2. The van der Waals surface area contributed by atoms with Crippen LogP contribution in [0.25, 0.3) is 31.6 Å². The van der Waals surface area contributed by atoms with Crippen molar-refractivity contribution in [2.45, 2.75) is 18.6 Å². The zero-order valence-corrected chi connectivity index (χ0v) is 15.0. The predicted octanol–water partition coefficient (Wildman–Crippen LogP) is 2.69. The van der Waals surface area contributed by atoms with Crippen LogP contribution in [-0.4, -0.2) is 43.9 Å². The number of fused-ring (bicyclic) bond motifs is 2. The number of aliphatic hydroxyl groups excluding tert-OH is 1. The first kappa shape index (κ1) is 15.9. The molecule has 3 aromatic heterocycles. The van der Waals surface area contributed by atoms with Gasteiger partial charge in [-0.15, -0.1) is 11.3 Å². The van der Waals surface area contributed by atoms with E-state index in [1.54, 1.807) is 11.7 Å². The summed E-state index contributed by atoms with van der Waals surface area (Å²) in [7, 11) is 1.79. The van der Waals surface area contributed by atoms with E-state index in [9.17, 15) is 9.50 Å². The molecule has 0 radical (unpaired) electrons. The number of nitrogens with zero attached hydrogens (tertiary/aromatic N) is 4. The maximum atomic E-state index is 14.4. The molecule has 0 unspecified atom stereocenters. The van der Waals surface area contributed by atoms with Crippen molar-refractivity contribution in [3.63, 3.8) is 0 Å². The third kappa shape index (κ3) is 2.53. The van der Waals surface area contributed by atoms with Crippen molar-refractivity contribution >= 4 is 32.5 Å². The molecule has 1 aliphatic rings. The Bertz CT molecular complexity index is 1080.